The number of rotatable bonds is 5. The number of likely N-dealkylation sites (tertiary alicyclic amines) is 1. The highest BCUT2D eigenvalue weighted by Crippen LogP contribution is 2.24. The summed E-state index contributed by atoms with van der Waals surface area (Å²) < 4.78 is 0. The molecule has 0 radical (unpaired) electrons. The molecule has 1 aliphatic rings. The molecule has 0 bridgehead atoms. The standard InChI is InChI=1S/C13H26N4O2/c1-5-7-14-12(19)15-11(18)9-17-8-6-13(2,10-17)16(3)4/h5-10H2,1-4H3,(H2,14,15,18,19). The summed E-state index contributed by atoms with van der Waals surface area (Å²) in [5.41, 5.74) is 0.116. The minimum atomic E-state index is -0.401. The van der Waals surface area contributed by atoms with E-state index in [1.807, 2.05) is 6.92 Å². The molecule has 110 valence electrons. The number of carbonyl (C=O) groups is 2. The average Bonchev–Trinajstić information content (AvgIpc) is 2.69. The second kappa shape index (κ2) is 6.86. The number of amides is 3. The topological polar surface area (TPSA) is 64.7 Å². The van der Waals surface area contributed by atoms with Crippen LogP contribution in [0.15, 0.2) is 0 Å². The number of likely N-dealkylation sites (N-methyl/N-ethyl adjacent to an activating group) is 1. The number of hydrogen-bond donors (Lipinski definition) is 2. The second-order valence-corrected chi connectivity index (χ2v) is 5.66. The molecule has 0 aliphatic carbocycles. The van der Waals surface area contributed by atoms with Crippen LogP contribution in [0.3, 0.4) is 0 Å². The van der Waals surface area contributed by atoms with Crippen molar-refractivity contribution in [2.75, 3.05) is 40.3 Å². The monoisotopic (exact) mass is 270 g/mol. The van der Waals surface area contributed by atoms with Crippen LogP contribution in [0.1, 0.15) is 26.7 Å². The molecule has 0 aromatic rings. The fourth-order valence-electron chi connectivity index (χ4n) is 2.19. The minimum Gasteiger partial charge on any atom is -0.338 e. The first-order chi connectivity index (χ1) is 8.87. The van der Waals surface area contributed by atoms with E-state index >= 15 is 0 Å². The van der Waals surface area contributed by atoms with E-state index in [4.69, 9.17) is 0 Å². The van der Waals surface area contributed by atoms with Gasteiger partial charge < -0.3 is 10.2 Å². The smallest absolute Gasteiger partial charge is 0.321 e. The molecule has 1 unspecified atom stereocenters. The zero-order chi connectivity index (χ0) is 14.5. The van der Waals surface area contributed by atoms with Crippen molar-refractivity contribution in [1.82, 2.24) is 20.4 Å². The fourth-order valence-corrected chi connectivity index (χ4v) is 2.19. The molecule has 0 aromatic carbocycles. The summed E-state index contributed by atoms with van der Waals surface area (Å²) in [6.45, 7) is 6.76. The molecule has 19 heavy (non-hydrogen) atoms. The lowest BCUT2D eigenvalue weighted by Gasteiger charge is -2.32. The summed E-state index contributed by atoms with van der Waals surface area (Å²) in [7, 11) is 4.11. The van der Waals surface area contributed by atoms with E-state index in [-0.39, 0.29) is 18.0 Å². The lowest BCUT2D eigenvalue weighted by molar-refractivity contribution is -0.121. The third-order valence-corrected chi connectivity index (χ3v) is 3.77. The van der Waals surface area contributed by atoms with Crippen molar-refractivity contribution in [3.05, 3.63) is 0 Å². The van der Waals surface area contributed by atoms with Gasteiger partial charge in [-0.2, -0.15) is 0 Å². The van der Waals surface area contributed by atoms with Crippen molar-refractivity contribution in [3.8, 4) is 0 Å². The molecule has 6 nitrogen and oxygen atoms in total. The van der Waals surface area contributed by atoms with Gasteiger partial charge in [-0.1, -0.05) is 6.92 Å². The van der Waals surface area contributed by atoms with Gasteiger partial charge >= 0.3 is 6.03 Å². The van der Waals surface area contributed by atoms with Crippen molar-refractivity contribution in [2.24, 2.45) is 0 Å². The zero-order valence-corrected chi connectivity index (χ0v) is 12.5. The third kappa shape index (κ3) is 4.80. The first-order valence-electron chi connectivity index (χ1n) is 6.85. The molecule has 1 fully saturated rings. The molecule has 6 heteroatoms. The van der Waals surface area contributed by atoms with Gasteiger partial charge in [0.2, 0.25) is 5.91 Å². The maximum Gasteiger partial charge on any atom is 0.321 e. The highest BCUT2D eigenvalue weighted by molar-refractivity contribution is 5.95. The Balaban J connectivity index is 2.33. The lowest BCUT2D eigenvalue weighted by atomic mass is 10.0. The van der Waals surface area contributed by atoms with Crippen LogP contribution >= 0.6 is 0 Å². The summed E-state index contributed by atoms with van der Waals surface area (Å²) in [5, 5.41) is 4.98. The highest BCUT2D eigenvalue weighted by Gasteiger charge is 2.36. The van der Waals surface area contributed by atoms with E-state index in [0.717, 1.165) is 25.9 Å². The summed E-state index contributed by atoms with van der Waals surface area (Å²) in [4.78, 5) is 27.4. The first kappa shape index (κ1) is 15.9. The number of nitrogens with one attached hydrogen (secondary N) is 2. The van der Waals surface area contributed by atoms with Crippen LogP contribution in [0.4, 0.5) is 4.79 Å². The normalized spacial score (nSPS) is 23.6. The van der Waals surface area contributed by atoms with Gasteiger partial charge in [0.15, 0.2) is 0 Å². The number of carbonyl (C=O) groups excluding carboxylic acids is 2. The summed E-state index contributed by atoms with van der Waals surface area (Å²) >= 11 is 0. The quantitative estimate of drug-likeness (QED) is 0.751. The van der Waals surface area contributed by atoms with Crippen LogP contribution in [-0.2, 0) is 4.79 Å². The van der Waals surface area contributed by atoms with Crippen LogP contribution < -0.4 is 10.6 Å². The van der Waals surface area contributed by atoms with Gasteiger partial charge in [0.25, 0.3) is 0 Å². The fraction of sp³-hybridized carbons (Fsp3) is 0.846. The Kier molecular flexibility index (Phi) is 5.75. The second-order valence-electron chi connectivity index (χ2n) is 5.66. The molecule has 1 heterocycles. The molecule has 1 saturated heterocycles. The Morgan fingerprint density at radius 1 is 1.37 bits per heavy atom. The lowest BCUT2D eigenvalue weighted by Crippen LogP contribution is -2.47. The third-order valence-electron chi connectivity index (χ3n) is 3.77. The van der Waals surface area contributed by atoms with Crippen molar-refractivity contribution < 1.29 is 9.59 Å². The predicted molar refractivity (Wildman–Crippen MR) is 75.0 cm³/mol. The van der Waals surface area contributed by atoms with Crippen LogP contribution in [0.5, 0.6) is 0 Å². The predicted octanol–water partition coefficient (Wildman–Crippen LogP) is 0.248. The van der Waals surface area contributed by atoms with Gasteiger partial charge in [0.05, 0.1) is 6.54 Å². The molecule has 2 N–H and O–H groups in total. The SMILES string of the molecule is CCCNC(=O)NC(=O)CN1CCC(C)(N(C)C)C1. The minimum absolute atomic E-state index is 0.116. The van der Waals surface area contributed by atoms with E-state index in [0.29, 0.717) is 6.54 Å². The van der Waals surface area contributed by atoms with Gasteiger partial charge in [0.1, 0.15) is 0 Å². The van der Waals surface area contributed by atoms with Gasteiger partial charge in [-0.25, -0.2) is 4.79 Å². The van der Waals surface area contributed by atoms with E-state index < -0.39 is 6.03 Å². The van der Waals surface area contributed by atoms with E-state index in [1.54, 1.807) is 0 Å². The molecule has 1 rings (SSSR count). The van der Waals surface area contributed by atoms with Crippen LogP contribution in [0.25, 0.3) is 0 Å². The molecule has 0 spiro atoms. The van der Waals surface area contributed by atoms with Crippen molar-refractivity contribution in [3.63, 3.8) is 0 Å². The van der Waals surface area contributed by atoms with Crippen LogP contribution in [0.2, 0.25) is 0 Å². The molecular formula is C13H26N4O2. The Morgan fingerprint density at radius 2 is 2.05 bits per heavy atom. The van der Waals surface area contributed by atoms with Gasteiger partial charge in [0, 0.05) is 25.2 Å². The summed E-state index contributed by atoms with van der Waals surface area (Å²) in [6.07, 6.45) is 1.89. The Bertz CT molecular complexity index is 333. The van der Waals surface area contributed by atoms with E-state index in [2.05, 4.69) is 41.5 Å². The molecule has 1 aliphatic heterocycles. The van der Waals surface area contributed by atoms with Crippen molar-refractivity contribution in [2.45, 2.75) is 32.2 Å². The van der Waals surface area contributed by atoms with E-state index in [9.17, 15) is 9.59 Å². The largest absolute Gasteiger partial charge is 0.338 e. The molecule has 3 amide bonds. The summed E-state index contributed by atoms with van der Waals surface area (Å²) in [6, 6.07) is -0.401. The average molecular weight is 270 g/mol. The number of hydrogen-bond acceptors (Lipinski definition) is 4. The summed E-state index contributed by atoms with van der Waals surface area (Å²) in [5.74, 6) is -0.239. The van der Waals surface area contributed by atoms with E-state index in [1.165, 1.54) is 0 Å². The Hall–Kier alpha value is -1.14. The molecular weight excluding hydrogens is 244 g/mol. The highest BCUT2D eigenvalue weighted by atomic mass is 16.2. The van der Waals surface area contributed by atoms with Gasteiger partial charge in [-0.15, -0.1) is 0 Å². The Labute approximate surface area is 115 Å². The number of imide groups is 1. The zero-order valence-electron chi connectivity index (χ0n) is 12.5. The van der Waals surface area contributed by atoms with Crippen molar-refractivity contribution >= 4 is 11.9 Å². The van der Waals surface area contributed by atoms with Gasteiger partial charge in [-0.3, -0.25) is 15.0 Å². The van der Waals surface area contributed by atoms with Crippen molar-refractivity contribution in [1.29, 1.82) is 0 Å². The number of nitrogens with zero attached hydrogens (tertiary/aromatic N) is 2. The Morgan fingerprint density at radius 3 is 2.58 bits per heavy atom. The maximum atomic E-state index is 11.7. The van der Waals surface area contributed by atoms with Crippen LogP contribution in [-0.4, -0.2) is 67.6 Å². The number of urea groups is 1. The first-order valence-corrected chi connectivity index (χ1v) is 6.85. The van der Waals surface area contributed by atoms with Crippen LogP contribution in [0, 0.1) is 0 Å². The maximum absolute atomic E-state index is 11.7. The van der Waals surface area contributed by atoms with Gasteiger partial charge in [-0.05, 0) is 33.9 Å². The molecule has 0 aromatic heterocycles. The molecule has 0 saturated carbocycles. The molecule has 1 atom stereocenters.